The topological polar surface area (TPSA) is 62.5 Å². The summed E-state index contributed by atoms with van der Waals surface area (Å²) in [7, 11) is 0. The molecular weight excluding hydrogens is 433 g/mol. The second-order valence-corrected chi connectivity index (χ2v) is 8.19. The second-order valence-electron chi connectivity index (χ2n) is 8.19. The maximum absolute atomic E-state index is 12.7. The van der Waals surface area contributed by atoms with Gasteiger partial charge in [0.2, 0.25) is 5.91 Å². The highest BCUT2D eigenvalue weighted by atomic mass is 19.4. The van der Waals surface area contributed by atoms with Gasteiger partial charge < -0.3 is 14.2 Å². The Bertz CT molecular complexity index is 1120. The third kappa shape index (κ3) is 5.35. The number of rotatable bonds is 5. The number of aryl methyl sites for hydroxylation is 3. The minimum absolute atomic E-state index is 0.000888. The zero-order valence-electron chi connectivity index (χ0n) is 18.5. The fraction of sp³-hybridized carbons (Fsp3) is 0.375. The molecule has 1 amide bonds. The molecule has 0 unspecified atom stereocenters. The average Bonchev–Trinajstić information content (AvgIpc) is 3.28. The van der Waals surface area contributed by atoms with E-state index < -0.39 is 11.7 Å². The molecule has 2 aromatic heterocycles. The van der Waals surface area contributed by atoms with Crippen molar-refractivity contribution < 1.29 is 22.4 Å². The van der Waals surface area contributed by atoms with E-state index in [1.165, 1.54) is 17.2 Å². The van der Waals surface area contributed by atoms with Gasteiger partial charge in [-0.3, -0.25) is 4.79 Å². The Morgan fingerprint density at radius 2 is 1.76 bits per heavy atom. The minimum Gasteiger partial charge on any atom is -0.441 e. The Kier molecular flexibility index (Phi) is 6.40. The molecule has 0 radical (unpaired) electrons. The molecule has 33 heavy (non-hydrogen) atoms. The number of anilines is 1. The summed E-state index contributed by atoms with van der Waals surface area (Å²) in [6.45, 7) is 6.10. The summed E-state index contributed by atoms with van der Waals surface area (Å²) < 4.78 is 44.0. The summed E-state index contributed by atoms with van der Waals surface area (Å²) in [6.07, 6.45) is -1.19. The lowest BCUT2D eigenvalue weighted by atomic mass is 10.1. The molecule has 6 nitrogen and oxygen atoms in total. The first kappa shape index (κ1) is 22.8. The van der Waals surface area contributed by atoms with Gasteiger partial charge in [0.25, 0.3) is 0 Å². The Balaban J connectivity index is 1.27. The van der Waals surface area contributed by atoms with E-state index in [9.17, 15) is 18.0 Å². The molecule has 0 aliphatic carbocycles. The van der Waals surface area contributed by atoms with Crippen molar-refractivity contribution in [2.45, 2.75) is 32.9 Å². The van der Waals surface area contributed by atoms with Crippen molar-refractivity contribution in [3.05, 3.63) is 65.3 Å². The number of alkyl halides is 3. The molecule has 3 aromatic rings. The third-order valence-electron chi connectivity index (χ3n) is 5.93. The lowest BCUT2D eigenvalue weighted by molar-refractivity contribution is -0.137. The Morgan fingerprint density at radius 3 is 2.39 bits per heavy atom. The Labute approximate surface area is 190 Å². The molecule has 0 spiro atoms. The molecule has 0 N–H and O–H groups in total. The van der Waals surface area contributed by atoms with E-state index in [0.717, 1.165) is 17.8 Å². The number of oxazole rings is 1. The fourth-order valence-corrected chi connectivity index (χ4v) is 3.75. The fourth-order valence-electron chi connectivity index (χ4n) is 3.75. The van der Waals surface area contributed by atoms with Gasteiger partial charge in [0.15, 0.2) is 11.7 Å². The van der Waals surface area contributed by atoms with Gasteiger partial charge in [-0.25, -0.2) is 9.97 Å². The number of nitrogens with zero attached hydrogens (tertiary/aromatic N) is 4. The average molecular weight is 458 g/mol. The van der Waals surface area contributed by atoms with Crippen LogP contribution in [0.4, 0.5) is 19.0 Å². The number of piperazine rings is 1. The number of hydrogen-bond acceptors (Lipinski definition) is 5. The monoisotopic (exact) mass is 458 g/mol. The van der Waals surface area contributed by atoms with Crippen LogP contribution in [0.25, 0.3) is 11.3 Å². The van der Waals surface area contributed by atoms with Crippen molar-refractivity contribution in [2.24, 2.45) is 0 Å². The number of pyridine rings is 1. The van der Waals surface area contributed by atoms with Crippen LogP contribution in [0.15, 0.2) is 47.1 Å². The van der Waals surface area contributed by atoms with Gasteiger partial charge in [0.05, 0.1) is 11.8 Å². The summed E-state index contributed by atoms with van der Waals surface area (Å²) >= 11 is 0. The van der Waals surface area contributed by atoms with Gasteiger partial charge in [-0.15, -0.1) is 0 Å². The zero-order valence-corrected chi connectivity index (χ0v) is 18.5. The van der Waals surface area contributed by atoms with E-state index in [2.05, 4.69) is 23.0 Å². The van der Waals surface area contributed by atoms with E-state index in [-0.39, 0.29) is 12.3 Å². The van der Waals surface area contributed by atoms with Crippen molar-refractivity contribution in [3.8, 4) is 11.3 Å². The van der Waals surface area contributed by atoms with Crippen LogP contribution < -0.4 is 4.90 Å². The molecule has 1 fully saturated rings. The van der Waals surface area contributed by atoms with Gasteiger partial charge in [0.1, 0.15) is 5.82 Å². The largest absolute Gasteiger partial charge is 0.441 e. The normalized spacial score (nSPS) is 14.6. The first-order chi connectivity index (χ1) is 15.7. The number of carbonyl (C=O) groups is 1. The Morgan fingerprint density at radius 1 is 1.00 bits per heavy atom. The molecule has 9 heteroatoms. The zero-order chi connectivity index (χ0) is 23.6. The van der Waals surface area contributed by atoms with Crippen molar-refractivity contribution in [1.82, 2.24) is 14.9 Å². The van der Waals surface area contributed by atoms with Gasteiger partial charge in [-0.05, 0) is 43.2 Å². The highest BCUT2D eigenvalue weighted by Crippen LogP contribution is 2.29. The van der Waals surface area contributed by atoms with Crippen LogP contribution in [0.3, 0.4) is 0 Å². The number of hydrogen-bond donors (Lipinski definition) is 0. The number of aromatic nitrogens is 2. The molecule has 174 valence electrons. The summed E-state index contributed by atoms with van der Waals surface area (Å²) in [5.41, 5.74) is 2.56. The highest BCUT2D eigenvalue weighted by molar-refractivity contribution is 5.76. The van der Waals surface area contributed by atoms with Gasteiger partial charge in [-0.1, -0.05) is 12.1 Å². The molecule has 3 heterocycles. The predicted octanol–water partition coefficient (Wildman–Crippen LogP) is 4.65. The first-order valence-electron chi connectivity index (χ1n) is 10.8. The lowest BCUT2D eigenvalue weighted by Gasteiger charge is -2.35. The smallest absolute Gasteiger partial charge is 0.417 e. The second kappa shape index (κ2) is 9.25. The van der Waals surface area contributed by atoms with Crippen LogP contribution in [0.2, 0.25) is 0 Å². The number of benzene rings is 1. The summed E-state index contributed by atoms with van der Waals surface area (Å²) in [5, 5.41) is 0. The quantitative estimate of drug-likeness (QED) is 0.557. The summed E-state index contributed by atoms with van der Waals surface area (Å²) in [4.78, 5) is 24.5. The van der Waals surface area contributed by atoms with Crippen LogP contribution in [-0.2, 0) is 17.4 Å². The van der Waals surface area contributed by atoms with E-state index in [1.807, 2.05) is 24.0 Å². The van der Waals surface area contributed by atoms with Crippen LogP contribution in [0.1, 0.15) is 29.0 Å². The molecule has 1 aliphatic heterocycles. The number of carbonyl (C=O) groups excluding carboxylic acids is 1. The lowest BCUT2D eigenvalue weighted by Crippen LogP contribution is -2.49. The molecule has 1 aromatic carbocycles. The van der Waals surface area contributed by atoms with Crippen molar-refractivity contribution in [3.63, 3.8) is 0 Å². The van der Waals surface area contributed by atoms with Gasteiger partial charge in [-0.2, -0.15) is 13.2 Å². The van der Waals surface area contributed by atoms with Gasteiger partial charge >= 0.3 is 6.18 Å². The number of halogens is 3. The molecule has 0 saturated carbocycles. The van der Waals surface area contributed by atoms with Crippen molar-refractivity contribution in [1.29, 1.82) is 0 Å². The number of amides is 1. The first-order valence-corrected chi connectivity index (χ1v) is 10.8. The van der Waals surface area contributed by atoms with E-state index >= 15 is 0 Å². The van der Waals surface area contributed by atoms with Crippen LogP contribution in [-0.4, -0.2) is 47.0 Å². The maximum atomic E-state index is 12.7. The minimum atomic E-state index is -4.40. The summed E-state index contributed by atoms with van der Waals surface area (Å²) in [6, 6.07) is 8.48. The highest BCUT2D eigenvalue weighted by Gasteiger charge is 2.31. The third-order valence-corrected chi connectivity index (χ3v) is 5.93. The SMILES string of the molecule is Cc1ccc(-c2cnc(CCC(=O)N3CCN(c4ccc(C(F)(F)F)cn4)CC3)o2)cc1C. The van der Waals surface area contributed by atoms with Gasteiger partial charge in [0, 0.05) is 50.8 Å². The van der Waals surface area contributed by atoms with Crippen LogP contribution >= 0.6 is 0 Å². The maximum Gasteiger partial charge on any atom is 0.417 e. The van der Waals surface area contributed by atoms with Crippen LogP contribution in [0, 0.1) is 13.8 Å². The van der Waals surface area contributed by atoms with E-state index in [0.29, 0.717) is 50.1 Å². The molecule has 1 aliphatic rings. The van der Waals surface area contributed by atoms with E-state index in [1.54, 1.807) is 11.1 Å². The molecule has 1 saturated heterocycles. The summed E-state index contributed by atoms with van der Waals surface area (Å²) in [5.74, 6) is 1.68. The Hall–Kier alpha value is -3.36. The predicted molar refractivity (Wildman–Crippen MR) is 118 cm³/mol. The molecular formula is C24H25F3N4O2. The van der Waals surface area contributed by atoms with Crippen molar-refractivity contribution in [2.75, 3.05) is 31.1 Å². The molecule has 0 atom stereocenters. The molecule has 0 bridgehead atoms. The van der Waals surface area contributed by atoms with E-state index in [4.69, 9.17) is 4.42 Å². The standard InChI is InChI=1S/C24H25F3N4O2/c1-16-3-4-18(13-17(16)2)20-15-29-22(33-20)7-8-23(32)31-11-9-30(10-12-31)21-6-5-19(14-28-21)24(25,26)27/h3-6,13-15H,7-12H2,1-2H3. The van der Waals surface area contributed by atoms with Crippen LogP contribution in [0.5, 0.6) is 0 Å². The van der Waals surface area contributed by atoms with Crippen molar-refractivity contribution >= 4 is 11.7 Å². The molecule has 4 rings (SSSR count).